The zero-order chi connectivity index (χ0) is 11.0. The molecule has 0 saturated carbocycles. The summed E-state index contributed by atoms with van der Waals surface area (Å²) in [5.41, 5.74) is 0.924. The summed E-state index contributed by atoms with van der Waals surface area (Å²) in [4.78, 5) is 12.5. The molecule has 0 atom stereocenters. The number of ketones is 1. The summed E-state index contributed by atoms with van der Waals surface area (Å²) < 4.78 is 5.92. The molecule has 0 N–H and O–H groups in total. The lowest BCUT2D eigenvalue weighted by molar-refractivity contribution is 0.101. The summed E-state index contributed by atoms with van der Waals surface area (Å²) in [6, 6.07) is 5.24. The van der Waals surface area contributed by atoms with Crippen LogP contribution in [0.3, 0.4) is 0 Å². The molecule has 2 aromatic rings. The molecule has 15 heavy (non-hydrogen) atoms. The van der Waals surface area contributed by atoms with E-state index in [2.05, 4.69) is 0 Å². The van der Waals surface area contributed by atoms with Crippen LogP contribution in [-0.4, -0.2) is 5.78 Å². The van der Waals surface area contributed by atoms with E-state index in [1.54, 1.807) is 18.2 Å². The third-order valence-corrected chi connectivity index (χ3v) is 3.60. The molecule has 0 radical (unpaired) electrons. The number of thiophene rings is 1. The summed E-state index contributed by atoms with van der Waals surface area (Å²) in [7, 11) is 0. The number of hydrogen-bond acceptors (Lipinski definition) is 3. The Morgan fingerprint density at radius 3 is 2.60 bits per heavy atom. The zero-order valence-corrected chi connectivity index (χ0v) is 9.91. The van der Waals surface area contributed by atoms with Crippen LogP contribution in [-0.2, 0) is 0 Å². The Kier molecular flexibility index (Phi) is 2.67. The van der Waals surface area contributed by atoms with Gasteiger partial charge in [0.15, 0.2) is 5.76 Å². The number of carbonyl (C=O) groups excluding carboxylic acids is 1. The molecule has 0 amide bonds. The summed E-state index contributed by atoms with van der Waals surface area (Å²) in [5, 5.41) is 0. The van der Waals surface area contributed by atoms with Crippen molar-refractivity contribution in [2.75, 3.05) is 0 Å². The third kappa shape index (κ3) is 1.98. The predicted molar refractivity (Wildman–Crippen MR) is 60.9 cm³/mol. The van der Waals surface area contributed by atoms with Gasteiger partial charge in [0, 0.05) is 0 Å². The van der Waals surface area contributed by atoms with Crippen LogP contribution in [0.4, 0.5) is 0 Å². The van der Waals surface area contributed by atoms with E-state index in [1.807, 2.05) is 13.8 Å². The van der Waals surface area contributed by atoms with Gasteiger partial charge in [0.25, 0.3) is 0 Å². The van der Waals surface area contributed by atoms with Crippen molar-refractivity contribution in [2.24, 2.45) is 0 Å². The van der Waals surface area contributed by atoms with Crippen molar-refractivity contribution in [3.05, 3.63) is 44.5 Å². The predicted octanol–water partition coefficient (Wildman–Crippen LogP) is 3.84. The first-order valence-corrected chi connectivity index (χ1v) is 5.64. The molecule has 0 aliphatic heterocycles. The quantitative estimate of drug-likeness (QED) is 0.747. The Morgan fingerprint density at radius 1 is 1.40 bits per heavy atom. The Labute approximate surface area is 96.5 Å². The third-order valence-electron chi connectivity index (χ3n) is 2.05. The minimum atomic E-state index is -0.108. The van der Waals surface area contributed by atoms with Gasteiger partial charge in [0.05, 0.1) is 9.21 Å². The van der Waals surface area contributed by atoms with Crippen molar-refractivity contribution in [1.82, 2.24) is 0 Å². The van der Waals surface area contributed by atoms with Crippen LogP contribution in [0, 0.1) is 13.8 Å². The molecular formula is C11H9ClO2S. The summed E-state index contributed by atoms with van der Waals surface area (Å²) >= 11 is 7.18. The van der Waals surface area contributed by atoms with Gasteiger partial charge in [-0.1, -0.05) is 11.6 Å². The van der Waals surface area contributed by atoms with Gasteiger partial charge in [-0.2, -0.15) is 0 Å². The second-order valence-electron chi connectivity index (χ2n) is 3.31. The molecule has 0 spiro atoms. The van der Waals surface area contributed by atoms with Gasteiger partial charge in [0.1, 0.15) is 5.76 Å². The SMILES string of the molecule is Cc1ccc(C(=O)c2cc(C)c(Cl)s2)o1. The Hall–Kier alpha value is -1.06. The first-order valence-electron chi connectivity index (χ1n) is 4.45. The van der Waals surface area contributed by atoms with Gasteiger partial charge in [-0.3, -0.25) is 4.79 Å². The van der Waals surface area contributed by atoms with E-state index >= 15 is 0 Å². The van der Waals surface area contributed by atoms with Gasteiger partial charge in [-0.15, -0.1) is 11.3 Å². The maximum absolute atomic E-state index is 11.9. The molecule has 0 fully saturated rings. The normalized spacial score (nSPS) is 10.6. The van der Waals surface area contributed by atoms with Crippen LogP contribution < -0.4 is 0 Å². The lowest BCUT2D eigenvalue weighted by Gasteiger charge is -1.91. The van der Waals surface area contributed by atoms with Crippen LogP contribution in [0.1, 0.15) is 26.8 Å². The standard InChI is InChI=1S/C11H9ClO2S/c1-6-5-9(15-11(6)12)10(13)8-4-3-7(2)14-8/h3-5H,1-2H3. The fraction of sp³-hybridized carbons (Fsp3) is 0.182. The van der Waals surface area contributed by atoms with Gasteiger partial charge in [-0.25, -0.2) is 0 Å². The Bertz CT molecular complexity index is 491. The molecule has 0 bridgehead atoms. The number of rotatable bonds is 2. The van der Waals surface area contributed by atoms with Crippen LogP contribution in [0.2, 0.25) is 4.34 Å². The molecule has 0 unspecified atom stereocenters. The second kappa shape index (κ2) is 3.83. The van der Waals surface area contributed by atoms with Crippen LogP contribution in [0.15, 0.2) is 22.6 Å². The van der Waals surface area contributed by atoms with Crippen LogP contribution in [0.25, 0.3) is 0 Å². The van der Waals surface area contributed by atoms with Crippen molar-refractivity contribution in [1.29, 1.82) is 0 Å². The summed E-state index contributed by atoms with van der Waals surface area (Å²) in [6.07, 6.45) is 0. The maximum Gasteiger partial charge on any atom is 0.238 e. The smallest absolute Gasteiger partial charge is 0.238 e. The molecule has 0 aliphatic rings. The van der Waals surface area contributed by atoms with Gasteiger partial charge < -0.3 is 4.42 Å². The van der Waals surface area contributed by atoms with Crippen molar-refractivity contribution >= 4 is 28.7 Å². The maximum atomic E-state index is 11.9. The van der Waals surface area contributed by atoms with Crippen molar-refractivity contribution < 1.29 is 9.21 Å². The minimum Gasteiger partial charge on any atom is -0.458 e. The van der Waals surface area contributed by atoms with Crippen LogP contribution in [0.5, 0.6) is 0 Å². The fourth-order valence-corrected chi connectivity index (χ4v) is 2.40. The number of furan rings is 1. The highest BCUT2D eigenvalue weighted by Crippen LogP contribution is 2.28. The largest absolute Gasteiger partial charge is 0.458 e. The molecule has 4 heteroatoms. The number of halogens is 1. The Balaban J connectivity index is 2.36. The summed E-state index contributed by atoms with van der Waals surface area (Å²) in [5.74, 6) is 0.992. The molecule has 2 heterocycles. The van der Waals surface area contributed by atoms with Crippen molar-refractivity contribution in [3.63, 3.8) is 0 Å². The van der Waals surface area contributed by atoms with Crippen LogP contribution >= 0.6 is 22.9 Å². The lowest BCUT2D eigenvalue weighted by Crippen LogP contribution is -1.95. The van der Waals surface area contributed by atoms with E-state index < -0.39 is 0 Å². The van der Waals surface area contributed by atoms with Gasteiger partial charge in [-0.05, 0) is 37.6 Å². The van der Waals surface area contributed by atoms with E-state index in [0.29, 0.717) is 15.0 Å². The summed E-state index contributed by atoms with van der Waals surface area (Å²) in [6.45, 7) is 3.69. The van der Waals surface area contributed by atoms with E-state index in [0.717, 1.165) is 11.3 Å². The minimum absolute atomic E-state index is 0.108. The van der Waals surface area contributed by atoms with Crippen molar-refractivity contribution in [3.8, 4) is 0 Å². The average Bonchev–Trinajstić information content (AvgIpc) is 2.74. The number of aryl methyl sites for hydroxylation is 2. The molecule has 2 rings (SSSR count). The van der Waals surface area contributed by atoms with E-state index in [9.17, 15) is 4.79 Å². The molecule has 0 aliphatic carbocycles. The van der Waals surface area contributed by atoms with E-state index in [-0.39, 0.29) is 5.78 Å². The average molecular weight is 241 g/mol. The molecule has 2 nitrogen and oxygen atoms in total. The van der Waals surface area contributed by atoms with Crippen molar-refractivity contribution in [2.45, 2.75) is 13.8 Å². The first kappa shape index (κ1) is 10.5. The van der Waals surface area contributed by atoms with E-state index in [4.69, 9.17) is 16.0 Å². The van der Waals surface area contributed by atoms with Gasteiger partial charge in [0.2, 0.25) is 5.78 Å². The molecule has 0 aromatic carbocycles. The molecule has 0 saturated heterocycles. The molecule has 78 valence electrons. The lowest BCUT2D eigenvalue weighted by atomic mass is 10.2. The Morgan fingerprint density at radius 2 is 2.13 bits per heavy atom. The highest BCUT2D eigenvalue weighted by atomic mass is 35.5. The van der Waals surface area contributed by atoms with Gasteiger partial charge >= 0.3 is 0 Å². The number of carbonyl (C=O) groups is 1. The monoisotopic (exact) mass is 240 g/mol. The number of hydrogen-bond donors (Lipinski definition) is 0. The highest BCUT2D eigenvalue weighted by molar-refractivity contribution is 7.18. The highest BCUT2D eigenvalue weighted by Gasteiger charge is 2.16. The fourth-order valence-electron chi connectivity index (χ4n) is 1.25. The topological polar surface area (TPSA) is 30.2 Å². The molecular weight excluding hydrogens is 232 g/mol. The second-order valence-corrected chi connectivity index (χ2v) is 4.96. The zero-order valence-electron chi connectivity index (χ0n) is 8.33. The molecule has 2 aromatic heterocycles. The van der Waals surface area contributed by atoms with E-state index in [1.165, 1.54) is 11.3 Å². The first-order chi connectivity index (χ1) is 7.08.